The predicted octanol–water partition coefficient (Wildman–Crippen LogP) is 4.04. The van der Waals surface area contributed by atoms with Crippen molar-refractivity contribution in [2.45, 2.75) is 0 Å². The number of benzene rings is 1. The normalized spacial score (nSPS) is 10.3. The summed E-state index contributed by atoms with van der Waals surface area (Å²) in [6.07, 6.45) is 0. The summed E-state index contributed by atoms with van der Waals surface area (Å²) in [5.41, 5.74) is 1.38. The van der Waals surface area contributed by atoms with Gasteiger partial charge >= 0.3 is 0 Å². The molecule has 0 radical (unpaired) electrons. The zero-order chi connectivity index (χ0) is 10.5. The molecule has 0 saturated carbocycles. The topological polar surface area (TPSA) is 48.5 Å². The summed E-state index contributed by atoms with van der Waals surface area (Å²) in [5.74, 6) is 0. The lowest BCUT2D eigenvalue weighted by Gasteiger charge is -1.90. The fourth-order valence-electron chi connectivity index (χ4n) is 1.04. The minimum Gasteiger partial charge on any atom is -0.192 e. The van der Waals surface area contributed by atoms with Gasteiger partial charge in [-0.3, -0.25) is 0 Å². The van der Waals surface area contributed by atoms with Crippen molar-refractivity contribution >= 4 is 22.0 Å². The highest BCUT2D eigenvalue weighted by molar-refractivity contribution is 7.13. The van der Waals surface area contributed by atoms with E-state index in [2.05, 4.69) is 16.3 Å². The molecule has 0 amide bonds. The fourth-order valence-corrected chi connectivity index (χ4v) is 1.58. The number of azo groups is 1. The van der Waals surface area contributed by atoms with Crippen molar-refractivity contribution in [3.63, 3.8) is 0 Å². The van der Waals surface area contributed by atoms with Crippen molar-refractivity contribution in [3.8, 4) is 6.07 Å². The van der Waals surface area contributed by atoms with Crippen LogP contribution in [0.5, 0.6) is 0 Å². The highest BCUT2D eigenvalue weighted by atomic mass is 32.1. The van der Waals surface area contributed by atoms with E-state index in [1.807, 2.05) is 17.5 Å². The predicted molar refractivity (Wildman–Crippen MR) is 59.7 cm³/mol. The Balaban J connectivity index is 2.15. The van der Waals surface area contributed by atoms with E-state index >= 15 is 0 Å². The summed E-state index contributed by atoms with van der Waals surface area (Å²) >= 11 is 1.54. The van der Waals surface area contributed by atoms with Crippen LogP contribution in [-0.2, 0) is 0 Å². The molecule has 1 aromatic carbocycles. The van der Waals surface area contributed by atoms with Crippen LogP contribution in [0.1, 0.15) is 5.56 Å². The van der Waals surface area contributed by atoms with Crippen molar-refractivity contribution in [1.82, 2.24) is 0 Å². The third-order valence-corrected chi connectivity index (χ3v) is 2.52. The molecule has 0 N–H and O–H groups in total. The molecule has 0 atom stereocenters. The lowest BCUT2D eigenvalue weighted by Crippen LogP contribution is -1.69. The SMILES string of the molecule is N#Cc1ccc(N=Nc2cccs2)cc1. The first-order valence-electron chi connectivity index (χ1n) is 4.34. The van der Waals surface area contributed by atoms with Gasteiger partial charge in [-0.05, 0) is 41.8 Å². The Bertz CT molecular complexity index is 492. The molecule has 0 spiro atoms. The maximum absolute atomic E-state index is 8.61. The number of hydrogen-bond donors (Lipinski definition) is 0. The number of rotatable bonds is 2. The van der Waals surface area contributed by atoms with Gasteiger partial charge in [-0.2, -0.15) is 5.26 Å². The van der Waals surface area contributed by atoms with Gasteiger partial charge in [0.15, 0.2) is 0 Å². The second kappa shape index (κ2) is 4.49. The molecule has 72 valence electrons. The Morgan fingerprint density at radius 2 is 1.87 bits per heavy atom. The molecule has 0 aliphatic carbocycles. The first kappa shape index (κ1) is 9.56. The van der Waals surface area contributed by atoms with E-state index in [0.717, 1.165) is 10.7 Å². The van der Waals surface area contributed by atoms with Crippen molar-refractivity contribution < 1.29 is 0 Å². The smallest absolute Gasteiger partial charge is 0.138 e. The monoisotopic (exact) mass is 213 g/mol. The zero-order valence-corrected chi connectivity index (χ0v) is 8.61. The number of nitriles is 1. The fraction of sp³-hybridized carbons (Fsp3) is 0. The van der Waals surface area contributed by atoms with Gasteiger partial charge in [0.05, 0.1) is 17.3 Å². The average Bonchev–Trinajstić information content (AvgIpc) is 2.80. The standard InChI is InChI=1S/C11H7N3S/c12-8-9-3-5-10(6-4-9)13-14-11-2-1-7-15-11/h1-7H. The number of nitrogens with zero attached hydrogens (tertiary/aromatic N) is 3. The number of thiophene rings is 1. The van der Waals surface area contributed by atoms with Crippen molar-refractivity contribution in [2.24, 2.45) is 10.2 Å². The molecule has 4 heteroatoms. The van der Waals surface area contributed by atoms with Crippen molar-refractivity contribution in [1.29, 1.82) is 5.26 Å². The van der Waals surface area contributed by atoms with Crippen LogP contribution in [-0.4, -0.2) is 0 Å². The van der Waals surface area contributed by atoms with Gasteiger partial charge < -0.3 is 0 Å². The molecule has 2 rings (SSSR count). The van der Waals surface area contributed by atoms with Crippen LogP contribution < -0.4 is 0 Å². The van der Waals surface area contributed by atoms with Crippen LogP contribution >= 0.6 is 11.3 Å². The van der Waals surface area contributed by atoms with Crippen LogP contribution in [0.25, 0.3) is 0 Å². The molecule has 0 aliphatic heterocycles. The van der Waals surface area contributed by atoms with E-state index in [4.69, 9.17) is 5.26 Å². The van der Waals surface area contributed by atoms with Gasteiger partial charge in [0.2, 0.25) is 0 Å². The van der Waals surface area contributed by atoms with E-state index in [1.54, 1.807) is 24.3 Å². The second-order valence-electron chi connectivity index (χ2n) is 2.81. The third-order valence-electron chi connectivity index (χ3n) is 1.77. The van der Waals surface area contributed by atoms with Crippen molar-refractivity contribution in [2.75, 3.05) is 0 Å². The van der Waals surface area contributed by atoms with Crippen LogP contribution in [0, 0.1) is 11.3 Å². The Hall–Kier alpha value is -1.99. The molecule has 0 bridgehead atoms. The number of hydrogen-bond acceptors (Lipinski definition) is 4. The van der Waals surface area contributed by atoms with E-state index in [0.29, 0.717) is 5.56 Å². The summed E-state index contributed by atoms with van der Waals surface area (Å²) in [4.78, 5) is 0. The maximum atomic E-state index is 8.61. The Labute approximate surface area is 91.3 Å². The second-order valence-corrected chi connectivity index (χ2v) is 3.74. The van der Waals surface area contributed by atoms with Crippen molar-refractivity contribution in [3.05, 3.63) is 47.3 Å². The molecule has 2 aromatic rings. The van der Waals surface area contributed by atoms with E-state index < -0.39 is 0 Å². The minimum atomic E-state index is 0.630. The highest BCUT2D eigenvalue weighted by Gasteiger charge is 1.92. The molecule has 15 heavy (non-hydrogen) atoms. The average molecular weight is 213 g/mol. The summed E-state index contributed by atoms with van der Waals surface area (Å²) in [5, 5.41) is 19.5. The van der Waals surface area contributed by atoms with Gasteiger partial charge in [0.25, 0.3) is 0 Å². The molecule has 1 heterocycles. The molecule has 0 saturated heterocycles. The molecule has 0 aliphatic rings. The summed E-state index contributed by atoms with van der Waals surface area (Å²) in [6.45, 7) is 0. The zero-order valence-electron chi connectivity index (χ0n) is 7.79. The highest BCUT2D eigenvalue weighted by Crippen LogP contribution is 2.22. The molecule has 0 fully saturated rings. The maximum Gasteiger partial charge on any atom is 0.138 e. The van der Waals surface area contributed by atoms with Gasteiger partial charge in [-0.15, -0.1) is 21.6 Å². The van der Waals surface area contributed by atoms with Gasteiger partial charge in [-0.1, -0.05) is 0 Å². The quantitative estimate of drug-likeness (QED) is 0.694. The molecular formula is C11H7N3S. The van der Waals surface area contributed by atoms with Gasteiger partial charge in [0.1, 0.15) is 5.00 Å². The van der Waals surface area contributed by atoms with Crippen LogP contribution in [0.3, 0.4) is 0 Å². The van der Waals surface area contributed by atoms with Gasteiger partial charge in [0, 0.05) is 0 Å². The molecule has 3 nitrogen and oxygen atoms in total. The lowest BCUT2D eigenvalue weighted by atomic mass is 10.2. The van der Waals surface area contributed by atoms with E-state index in [9.17, 15) is 0 Å². The first-order chi connectivity index (χ1) is 7.38. The summed E-state index contributed by atoms with van der Waals surface area (Å²) in [7, 11) is 0. The van der Waals surface area contributed by atoms with E-state index in [-0.39, 0.29) is 0 Å². The largest absolute Gasteiger partial charge is 0.192 e. The Morgan fingerprint density at radius 1 is 1.07 bits per heavy atom. The van der Waals surface area contributed by atoms with Crippen LogP contribution in [0.15, 0.2) is 52.0 Å². The molecule has 0 unspecified atom stereocenters. The Kier molecular flexibility index (Phi) is 2.86. The Morgan fingerprint density at radius 3 is 2.47 bits per heavy atom. The summed E-state index contributed by atoms with van der Waals surface area (Å²) < 4.78 is 0. The molecular weight excluding hydrogens is 206 g/mol. The van der Waals surface area contributed by atoms with Gasteiger partial charge in [-0.25, -0.2) is 0 Å². The van der Waals surface area contributed by atoms with Crippen LogP contribution in [0.2, 0.25) is 0 Å². The summed E-state index contributed by atoms with van der Waals surface area (Å²) in [6, 6.07) is 12.9. The lowest BCUT2D eigenvalue weighted by molar-refractivity contribution is 1.25. The van der Waals surface area contributed by atoms with E-state index in [1.165, 1.54) is 11.3 Å². The van der Waals surface area contributed by atoms with Crippen LogP contribution in [0.4, 0.5) is 10.7 Å². The first-order valence-corrected chi connectivity index (χ1v) is 5.22. The minimum absolute atomic E-state index is 0.630. The molecule has 1 aromatic heterocycles. The third kappa shape index (κ3) is 2.48.